The van der Waals surface area contributed by atoms with Crippen molar-refractivity contribution in [3.63, 3.8) is 0 Å². The third-order valence-corrected chi connectivity index (χ3v) is 9.87. The first-order valence-electron chi connectivity index (χ1n) is 20.8. The van der Waals surface area contributed by atoms with Gasteiger partial charge in [-0.1, -0.05) is 239 Å². The summed E-state index contributed by atoms with van der Waals surface area (Å²) in [4.78, 5) is 12.2. The highest BCUT2D eigenvalue weighted by molar-refractivity contribution is 5.78. The van der Waals surface area contributed by atoms with Crippen LogP contribution in [0.2, 0.25) is 0 Å². The molecule has 0 fully saturated rings. The van der Waals surface area contributed by atoms with Crippen LogP contribution in [0.4, 0.5) is 0 Å². The molecule has 0 bridgehead atoms. The summed E-state index contributed by atoms with van der Waals surface area (Å²) < 4.78 is 0. The lowest BCUT2D eigenvalue weighted by Gasteiger charge is -2.05. The standard InChI is InChI=1S/C42H84O/c1-3-5-7-9-11-13-15-17-19-21-23-25-27-29-31-33-35-37-39-41-42(43)40-38-36-34-32-30-28-26-24-22-20-18-16-14-12-10-8-6-4-2/h3-41H2,1-2H3. The number of carbonyl (C=O) groups excluding carboxylic acids is 1. The molecule has 0 saturated carbocycles. The monoisotopic (exact) mass is 605 g/mol. The second kappa shape index (κ2) is 39.7. The molecule has 0 amide bonds. The van der Waals surface area contributed by atoms with Crippen LogP contribution in [-0.2, 0) is 4.79 Å². The predicted molar refractivity (Wildman–Crippen MR) is 196 cm³/mol. The molecule has 0 spiro atoms. The molecule has 0 rings (SSSR count). The third-order valence-electron chi connectivity index (χ3n) is 9.87. The van der Waals surface area contributed by atoms with Crippen LogP contribution in [0, 0.1) is 0 Å². The smallest absolute Gasteiger partial charge is 0.132 e. The Balaban J connectivity index is 3.14. The van der Waals surface area contributed by atoms with E-state index in [2.05, 4.69) is 13.8 Å². The van der Waals surface area contributed by atoms with E-state index >= 15 is 0 Å². The van der Waals surface area contributed by atoms with Crippen molar-refractivity contribution in [2.24, 2.45) is 0 Å². The van der Waals surface area contributed by atoms with Crippen molar-refractivity contribution in [3.8, 4) is 0 Å². The van der Waals surface area contributed by atoms with Crippen molar-refractivity contribution < 1.29 is 4.79 Å². The quantitative estimate of drug-likeness (QED) is 0.0638. The van der Waals surface area contributed by atoms with Crippen molar-refractivity contribution in [2.75, 3.05) is 0 Å². The minimum absolute atomic E-state index is 0.531. The van der Waals surface area contributed by atoms with Crippen LogP contribution in [-0.4, -0.2) is 5.78 Å². The van der Waals surface area contributed by atoms with Crippen LogP contribution < -0.4 is 0 Å². The van der Waals surface area contributed by atoms with E-state index in [1.54, 1.807) is 0 Å². The summed E-state index contributed by atoms with van der Waals surface area (Å²) in [5, 5.41) is 0. The van der Waals surface area contributed by atoms with Gasteiger partial charge in [-0.25, -0.2) is 0 Å². The molecular formula is C42H84O. The van der Waals surface area contributed by atoms with Gasteiger partial charge in [-0.15, -0.1) is 0 Å². The molecular weight excluding hydrogens is 520 g/mol. The van der Waals surface area contributed by atoms with Gasteiger partial charge in [-0.3, -0.25) is 4.79 Å². The van der Waals surface area contributed by atoms with Crippen molar-refractivity contribution in [1.29, 1.82) is 0 Å². The van der Waals surface area contributed by atoms with Crippen molar-refractivity contribution in [1.82, 2.24) is 0 Å². The first kappa shape index (κ1) is 42.7. The number of rotatable bonds is 39. The maximum Gasteiger partial charge on any atom is 0.132 e. The van der Waals surface area contributed by atoms with Crippen LogP contribution in [0.15, 0.2) is 0 Å². The topological polar surface area (TPSA) is 17.1 Å². The molecule has 0 heterocycles. The molecule has 0 aliphatic carbocycles. The fourth-order valence-electron chi connectivity index (χ4n) is 6.75. The summed E-state index contributed by atoms with van der Waals surface area (Å²) in [6.07, 6.45) is 53.8. The number of Topliss-reactive ketones (excluding diaryl/α,β-unsaturated/α-hetero) is 1. The molecule has 1 nitrogen and oxygen atoms in total. The normalized spacial score (nSPS) is 11.5. The molecule has 258 valence electrons. The van der Waals surface area contributed by atoms with E-state index in [9.17, 15) is 4.79 Å². The van der Waals surface area contributed by atoms with Gasteiger partial charge >= 0.3 is 0 Å². The predicted octanol–water partition coefficient (Wildman–Crippen LogP) is 15.8. The van der Waals surface area contributed by atoms with E-state index in [1.165, 1.54) is 225 Å². The summed E-state index contributed by atoms with van der Waals surface area (Å²) >= 11 is 0. The van der Waals surface area contributed by atoms with E-state index in [0.717, 1.165) is 25.7 Å². The van der Waals surface area contributed by atoms with E-state index in [1.807, 2.05) is 0 Å². The van der Waals surface area contributed by atoms with Gasteiger partial charge in [0, 0.05) is 12.8 Å². The van der Waals surface area contributed by atoms with Gasteiger partial charge in [0.05, 0.1) is 0 Å². The third kappa shape index (κ3) is 39.6. The molecule has 0 saturated heterocycles. The maximum atomic E-state index is 12.2. The second-order valence-corrected chi connectivity index (χ2v) is 14.4. The average Bonchev–Trinajstić information content (AvgIpc) is 3.01. The number of hydrogen-bond donors (Lipinski definition) is 0. The minimum Gasteiger partial charge on any atom is -0.300 e. The van der Waals surface area contributed by atoms with Crippen LogP contribution in [0.25, 0.3) is 0 Å². The van der Waals surface area contributed by atoms with E-state index < -0.39 is 0 Å². The van der Waals surface area contributed by atoms with Crippen LogP contribution >= 0.6 is 0 Å². The Morgan fingerprint density at radius 2 is 0.372 bits per heavy atom. The highest BCUT2D eigenvalue weighted by Crippen LogP contribution is 2.17. The van der Waals surface area contributed by atoms with Gasteiger partial charge in [0.1, 0.15) is 5.78 Å². The van der Waals surface area contributed by atoms with E-state index in [-0.39, 0.29) is 0 Å². The second-order valence-electron chi connectivity index (χ2n) is 14.4. The zero-order valence-corrected chi connectivity index (χ0v) is 30.5. The first-order chi connectivity index (χ1) is 21.3. The molecule has 0 unspecified atom stereocenters. The zero-order valence-electron chi connectivity index (χ0n) is 30.5. The van der Waals surface area contributed by atoms with Gasteiger partial charge in [0.25, 0.3) is 0 Å². The SMILES string of the molecule is CCCCCCCCCCCCCCCCCCCCCC(=O)CCCCCCCCCCCCCCCCCCCC. The van der Waals surface area contributed by atoms with Crippen molar-refractivity contribution in [2.45, 2.75) is 264 Å². The largest absolute Gasteiger partial charge is 0.300 e. The lowest BCUT2D eigenvalue weighted by molar-refractivity contribution is -0.119. The molecule has 0 N–H and O–H groups in total. The molecule has 0 aliphatic rings. The Labute approximate surface area is 274 Å². The molecule has 0 aliphatic heterocycles. The maximum absolute atomic E-state index is 12.2. The number of carbonyl (C=O) groups is 1. The van der Waals surface area contributed by atoms with Gasteiger partial charge in [-0.05, 0) is 12.8 Å². The van der Waals surface area contributed by atoms with Crippen LogP contribution in [0.1, 0.15) is 264 Å². The highest BCUT2D eigenvalue weighted by atomic mass is 16.1. The summed E-state index contributed by atoms with van der Waals surface area (Å²) in [7, 11) is 0. The summed E-state index contributed by atoms with van der Waals surface area (Å²) in [5.41, 5.74) is 0. The van der Waals surface area contributed by atoms with E-state index in [4.69, 9.17) is 0 Å². The summed E-state index contributed by atoms with van der Waals surface area (Å²) in [6, 6.07) is 0. The Morgan fingerprint density at radius 1 is 0.233 bits per heavy atom. The van der Waals surface area contributed by atoms with Gasteiger partial charge in [-0.2, -0.15) is 0 Å². The van der Waals surface area contributed by atoms with Crippen LogP contribution in [0.5, 0.6) is 0 Å². The molecule has 43 heavy (non-hydrogen) atoms. The average molecular weight is 605 g/mol. The Morgan fingerprint density at radius 3 is 0.535 bits per heavy atom. The zero-order chi connectivity index (χ0) is 31.2. The molecule has 0 aromatic rings. The Kier molecular flexibility index (Phi) is 39.4. The summed E-state index contributed by atoms with van der Waals surface area (Å²) in [6.45, 7) is 4.60. The van der Waals surface area contributed by atoms with Crippen molar-refractivity contribution in [3.05, 3.63) is 0 Å². The molecule has 0 atom stereocenters. The van der Waals surface area contributed by atoms with Gasteiger partial charge in [0.2, 0.25) is 0 Å². The van der Waals surface area contributed by atoms with Gasteiger partial charge in [0.15, 0.2) is 0 Å². The Hall–Kier alpha value is -0.330. The number of unbranched alkanes of at least 4 members (excludes halogenated alkanes) is 35. The van der Waals surface area contributed by atoms with Crippen molar-refractivity contribution >= 4 is 5.78 Å². The minimum atomic E-state index is 0.531. The van der Waals surface area contributed by atoms with Crippen LogP contribution in [0.3, 0.4) is 0 Å². The molecule has 0 aromatic heterocycles. The molecule has 0 radical (unpaired) electrons. The highest BCUT2D eigenvalue weighted by Gasteiger charge is 2.02. The van der Waals surface area contributed by atoms with Gasteiger partial charge < -0.3 is 0 Å². The molecule has 0 aromatic carbocycles. The molecule has 1 heteroatoms. The summed E-state index contributed by atoms with van der Waals surface area (Å²) in [5.74, 6) is 0.531. The van der Waals surface area contributed by atoms with E-state index in [0.29, 0.717) is 5.78 Å². The number of hydrogen-bond acceptors (Lipinski definition) is 1. The lowest BCUT2D eigenvalue weighted by Crippen LogP contribution is -1.97. The fourth-order valence-corrected chi connectivity index (χ4v) is 6.75. The fraction of sp³-hybridized carbons (Fsp3) is 0.976. The Bertz CT molecular complexity index is 497. The number of ketones is 1. The first-order valence-corrected chi connectivity index (χ1v) is 20.8. The lowest BCUT2D eigenvalue weighted by atomic mass is 10.0.